The maximum absolute atomic E-state index is 15.4. The summed E-state index contributed by atoms with van der Waals surface area (Å²) in [5, 5.41) is 8.02. The number of rotatable bonds is 11. The Morgan fingerprint density at radius 2 is 1.28 bits per heavy atom. The number of nitrogens with zero attached hydrogens (tertiary/aromatic N) is 9. The van der Waals surface area contributed by atoms with Crippen LogP contribution in [0.2, 0.25) is 5.02 Å². The van der Waals surface area contributed by atoms with Crippen LogP contribution in [0.4, 0.5) is 13.2 Å². The van der Waals surface area contributed by atoms with Crippen LogP contribution in [-0.2, 0) is 76.6 Å². The molecule has 3 aliphatic heterocycles. The second kappa shape index (κ2) is 35.3. The van der Waals surface area contributed by atoms with E-state index in [1.165, 1.54) is 75.0 Å². The van der Waals surface area contributed by atoms with Gasteiger partial charge in [-0.15, -0.1) is 0 Å². The van der Waals surface area contributed by atoms with Gasteiger partial charge in [0.25, 0.3) is 0 Å². The van der Waals surface area contributed by atoms with Crippen LogP contribution >= 0.6 is 27.5 Å². The number of halogens is 5. The molecular formula is C70H101BrClF3N12O12. The topological polar surface area (TPSA) is 270 Å². The Balaban J connectivity index is 1.43. The molecule has 1 aliphatic carbocycles. The van der Waals surface area contributed by atoms with E-state index in [0.29, 0.717) is 61.7 Å². The normalized spacial score (nSPS) is 24.9. The fourth-order valence-electron chi connectivity index (χ4n) is 13.7. The van der Waals surface area contributed by atoms with Gasteiger partial charge in [0.2, 0.25) is 70.9 Å². The van der Waals surface area contributed by atoms with Crippen molar-refractivity contribution in [1.29, 1.82) is 0 Å². The fraction of sp³-hybridized carbons (Fsp3) is 0.657. The Bertz CT molecular complexity index is 3290. The molecule has 6 rings (SSSR count). The standard InChI is InChI=1S/C70H101BrClF3N12O12/c1-14-44(6)59-66(97)81(9)40-57(90)79(7)41-58(91)83(11)53(37-46-22-20-23-47(71)35-46)64(95)80(8)39-55(88)76-50(28-26-45-25-27-48(49(72)36-45)70(73,74)75)63(94)87-33-21-24-51(87)62(93)78-69(29-16-17-30-69)68(99)85(13)60(43(4)5)67(98)84(12)54(65(96)86-31-18-15-19-32-86)38-56(89)82(10)52(34-42(2)3)61(92)77-59/h20,22-23,25,27,35-36,42-44,50-54,59-60H,14-19,21,24,26,28-34,37-41H2,1-13H3,(H,76,88)(H,77,92)(H,78,93)/t44-,50-,51?,52-,53-,54-,59-,60-/m0/s1. The number of likely N-dealkylation sites (tertiary alicyclic amines) is 1. The molecule has 8 atom stereocenters. The maximum Gasteiger partial charge on any atom is 0.417 e. The number of amides is 12. The minimum atomic E-state index is -4.77. The summed E-state index contributed by atoms with van der Waals surface area (Å²) < 4.78 is 42.2. The van der Waals surface area contributed by atoms with Gasteiger partial charge in [-0.2, -0.15) is 13.2 Å². The monoisotopic (exact) mass is 1470 g/mol. The molecule has 99 heavy (non-hydrogen) atoms. The number of hydrogen-bond donors (Lipinski definition) is 3. The van der Waals surface area contributed by atoms with Gasteiger partial charge in [0.15, 0.2) is 0 Å². The summed E-state index contributed by atoms with van der Waals surface area (Å²) in [6.45, 7) is 9.60. The van der Waals surface area contributed by atoms with E-state index in [2.05, 4.69) is 31.9 Å². The van der Waals surface area contributed by atoms with Crippen LogP contribution in [-0.4, -0.2) is 251 Å². The highest BCUT2D eigenvalue weighted by Crippen LogP contribution is 2.37. The molecule has 24 nitrogen and oxygen atoms in total. The molecule has 0 radical (unpaired) electrons. The summed E-state index contributed by atoms with van der Waals surface area (Å²) in [6, 6.07) is 0.954. The lowest BCUT2D eigenvalue weighted by Crippen LogP contribution is -2.65. The van der Waals surface area contributed by atoms with Crippen LogP contribution in [0.25, 0.3) is 0 Å². The minimum Gasteiger partial charge on any atom is -0.343 e. The molecule has 29 heteroatoms. The fourth-order valence-corrected chi connectivity index (χ4v) is 14.5. The zero-order valence-corrected chi connectivity index (χ0v) is 61.8. The average molecular weight is 1480 g/mol. The Hall–Kier alpha value is -7.36. The van der Waals surface area contributed by atoms with Crippen molar-refractivity contribution < 1.29 is 70.7 Å². The van der Waals surface area contributed by atoms with Gasteiger partial charge in [0.1, 0.15) is 47.8 Å². The summed E-state index contributed by atoms with van der Waals surface area (Å²) in [4.78, 5) is 189. The van der Waals surface area contributed by atoms with E-state index in [9.17, 15) is 51.5 Å². The predicted molar refractivity (Wildman–Crippen MR) is 368 cm³/mol. The van der Waals surface area contributed by atoms with Crippen molar-refractivity contribution in [3.05, 3.63) is 68.7 Å². The van der Waals surface area contributed by atoms with E-state index < -0.39 is 173 Å². The molecule has 4 fully saturated rings. The summed E-state index contributed by atoms with van der Waals surface area (Å²) in [6.07, 6.45) is -1.37. The Labute approximate surface area is 593 Å². The van der Waals surface area contributed by atoms with Gasteiger partial charge >= 0.3 is 6.18 Å². The molecule has 1 unspecified atom stereocenters. The third kappa shape index (κ3) is 20.4. The number of benzene rings is 2. The van der Waals surface area contributed by atoms with Crippen LogP contribution in [0.1, 0.15) is 142 Å². The van der Waals surface area contributed by atoms with Gasteiger partial charge in [-0.1, -0.05) is 107 Å². The van der Waals surface area contributed by atoms with E-state index in [1.54, 1.807) is 49.9 Å². The van der Waals surface area contributed by atoms with Gasteiger partial charge in [-0.3, -0.25) is 57.5 Å². The quantitative estimate of drug-likeness (QED) is 0.251. The minimum absolute atomic E-state index is 0.0119. The first-order chi connectivity index (χ1) is 46.4. The zero-order valence-electron chi connectivity index (χ0n) is 59.5. The van der Waals surface area contributed by atoms with E-state index in [1.807, 2.05) is 20.8 Å². The van der Waals surface area contributed by atoms with Crippen molar-refractivity contribution in [3.63, 3.8) is 0 Å². The first kappa shape index (κ1) is 80.6. The SMILES string of the molecule is CC[C@H](C)[C@@H]1NC(=O)[C@H](CC(C)C)N(C)C(=O)C[C@@H](C(=O)N2CCCCC2)N(C)C(=O)[C@H](C(C)C)N(C)C(=O)C2(CCCC2)NC(=O)C2CCCN2C(=O)[C@H](CCc2ccc(C(F)(F)F)c(Cl)c2)NC(=O)CN(C)C(=O)[C@H](Cc2cccc(Br)c2)N(C)C(=O)CN(C)C(=O)CN(C)C1=O. The lowest BCUT2D eigenvalue weighted by atomic mass is 9.91. The van der Waals surface area contributed by atoms with E-state index in [-0.39, 0.29) is 63.0 Å². The Kier molecular flexibility index (Phi) is 28.7. The molecule has 12 amide bonds. The van der Waals surface area contributed by atoms with Gasteiger partial charge in [0.05, 0.1) is 36.6 Å². The number of carbonyl (C=O) groups is 12. The highest BCUT2D eigenvalue weighted by atomic mass is 79.9. The summed E-state index contributed by atoms with van der Waals surface area (Å²) in [5.41, 5.74) is -1.81. The molecule has 1 saturated carbocycles. The van der Waals surface area contributed by atoms with Crippen molar-refractivity contribution in [1.82, 2.24) is 60.0 Å². The second-order valence-electron chi connectivity index (χ2n) is 28.1. The number of hydrogen-bond acceptors (Lipinski definition) is 12. The molecule has 3 heterocycles. The van der Waals surface area contributed by atoms with Crippen molar-refractivity contribution in [2.45, 2.75) is 192 Å². The smallest absolute Gasteiger partial charge is 0.343 e. The maximum atomic E-state index is 15.4. The van der Waals surface area contributed by atoms with Crippen molar-refractivity contribution in [2.24, 2.45) is 17.8 Å². The molecule has 4 aliphatic rings. The van der Waals surface area contributed by atoms with Crippen molar-refractivity contribution in [2.75, 3.05) is 88.6 Å². The van der Waals surface area contributed by atoms with E-state index in [0.717, 1.165) is 38.2 Å². The van der Waals surface area contributed by atoms with Crippen LogP contribution < -0.4 is 16.0 Å². The third-order valence-corrected chi connectivity index (χ3v) is 20.7. The molecule has 3 saturated heterocycles. The molecule has 1 spiro atoms. The average Bonchev–Trinajstić information content (AvgIpc) is 1.75. The highest BCUT2D eigenvalue weighted by molar-refractivity contribution is 9.10. The molecule has 0 aromatic heterocycles. The first-order valence-corrected chi connectivity index (χ1v) is 35.5. The third-order valence-electron chi connectivity index (χ3n) is 19.9. The number of carbonyl (C=O) groups excluding carboxylic acids is 12. The van der Waals surface area contributed by atoms with Gasteiger partial charge < -0.3 is 60.0 Å². The number of likely N-dealkylation sites (N-methyl/N-ethyl adjacent to an activating group) is 7. The number of alkyl halides is 3. The number of aryl methyl sites for hydroxylation is 1. The summed E-state index contributed by atoms with van der Waals surface area (Å²) in [7, 11) is 9.64. The molecule has 2 aromatic rings. The van der Waals surface area contributed by atoms with Crippen LogP contribution in [0, 0.1) is 17.8 Å². The van der Waals surface area contributed by atoms with Gasteiger partial charge in [-0.05, 0) is 117 Å². The molecule has 3 N–H and O–H groups in total. The lowest BCUT2D eigenvalue weighted by molar-refractivity contribution is -0.156. The number of fused-ring (bicyclic) bond motifs is 1. The number of nitrogens with one attached hydrogen (secondary N) is 3. The zero-order chi connectivity index (χ0) is 73.7. The Morgan fingerprint density at radius 1 is 0.657 bits per heavy atom. The van der Waals surface area contributed by atoms with Crippen LogP contribution in [0.5, 0.6) is 0 Å². The lowest BCUT2D eigenvalue weighted by Gasteiger charge is -2.42. The predicted octanol–water partition coefficient (Wildman–Crippen LogP) is 5.53. The molecule has 2 aromatic carbocycles. The second-order valence-corrected chi connectivity index (χ2v) is 29.4. The van der Waals surface area contributed by atoms with Crippen molar-refractivity contribution in [3.8, 4) is 0 Å². The van der Waals surface area contributed by atoms with Crippen molar-refractivity contribution >= 4 is 98.4 Å². The highest BCUT2D eigenvalue weighted by Gasteiger charge is 2.51. The van der Waals surface area contributed by atoms with Gasteiger partial charge in [0, 0.05) is 79.9 Å². The first-order valence-electron chi connectivity index (χ1n) is 34.3. The van der Waals surface area contributed by atoms with Gasteiger partial charge in [-0.25, -0.2) is 0 Å². The van der Waals surface area contributed by atoms with Crippen LogP contribution in [0.3, 0.4) is 0 Å². The molecular weight excluding hydrogens is 1370 g/mol. The summed E-state index contributed by atoms with van der Waals surface area (Å²) >= 11 is 9.59. The number of piperidine rings is 1. The van der Waals surface area contributed by atoms with E-state index in [4.69, 9.17) is 11.6 Å². The van der Waals surface area contributed by atoms with E-state index >= 15 is 19.2 Å². The molecule has 0 bridgehead atoms. The van der Waals surface area contributed by atoms with Crippen LogP contribution in [0.15, 0.2) is 46.9 Å². The Morgan fingerprint density at radius 3 is 1.88 bits per heavy atom. The molecule has 548 valence electrons. The summed E-state index contributed by atoms with van der Waals surface area (Å²) in [5.74, 6) is -9.59. The largest absolute Gasteiger partial charge is 0.417 e.